The first-order valence-electron chi connectivity index (χ1n) is 9.58. The van der Waals surface area contributed by atoms with Crippen molar-refractivity contribution in [3.05, 3.63) is 30.1 Å². The second kappa shape index (κ2) is 9.55. The van der Waals surface area contributed by atoms with Gasteiger partial charge < -0.3 is 15.5 Å². The van der Waals surface area contributed by atoms with Crippen molar-refractivity contribution in [3.8, 4) is 0 Å². The predicted molar refractivity (Wildman–Crippen MR) is 106 cm³/mol. The summed E-state index contributed by atoms with van der Waals surface area (Å²) in [6.45, 7) is 10.7. The number of guanidine groups is 1. The highest BCUT2D eigenvalue weighted by atomic mass is 16.2. The molecule has 0 aromatic carbocycles. The molecule has 0 saturated carbocycles. The van der Waals surface area contributed by atoms with Crippen molar-refractivity contribution in [3.63, 3.8) is 0 Å². The Labute approximate surface area is 157 Å². The van der Waals surface area contributed by atoms with E-state index in [0.29, 0.717) is 11.8 Å². The molecule has 1 fully saturated rings. The lowest BCUT2D eigenvalue weighted by atomic mass is 9.89. The summed E-state index contributed by atoms with van der Waals surface area (Å²) in [5, 5.41) is 6.92. The molecule has 0 radical (unpaired) electrons. The van der Waals surface area contributed by atoms with Gasteiger partial charge in [0.2, 0.25) is 5.91 Å². The molecule has 2 rings (SSSR count). The van der Waals surface area contributed by atoms with Gasteiger partial charge in [-0.1, -0.05) is 33.8 Å². The van der Waals surface area contributed by atoms with E-state index in [-0.39, 0.29) is 17.9 Å². The number of nitrogens with zero attached hydrogens (tertiary/aromatic N) is 3. The van der Waals surface area contributed by atoms with Gasteiger partial charge in [0, 0.05) is 57.0 Å². The van der Waals surface area contributed by atoms with Crippen molar-refractivity contribution in [2.75, 3.05) is 26.7 Å². The molecule has 1 aliphatic rings. The molecule has 144 valence electrons. The van der Waals surface area contributed by atoms with Crippen LogP contribution in [0.15, 0.2) is 29.5 Å². The van der Waals surface area contributed by atoms with Crippen LogP contribution in [0.25, 0.3) is 0 Å². The molecule has 1 saturated heterocycles. The largest absolute Gasteiger partial charge is 0.356 e. The number of pyridine rings is 1. The van der Waals surface area contributed by atoms with Crippen LogP contribution in [0.1, 0.15) is 45.6 Å². The van der Waals surface area contributed by atoms with Gasteiger partial charge >= 0.3 is 0 Å². The predicted octanol–water partition coefficient (Wildman–Crippen LogP) is 2.24. The zero-order valence-electron chi connectivity index (χ0n) is 16.7. The van der Waals surface area contributed by atoms with Crippen molar-refractivity contribution < 1.29 is 4.79 Å². The van der Waals surface area contributed by atoms with Crippen LogP contribution in [0, 0.1) is 11.8 Å². The topological polar surface area (TPSA) is 69.6 Å². The summed E-state index contributed by atoms with van der Waals surface area (Å²) in [5.41, 5.74) is 1.24. The lowest BCUT2D eigenvalue weighted by Crippen LogP contribution is -2.46. The van der Waals surface area contributed by atoms with Gasteiger partial charge in [0.05, 0.1) is 0 Å². The SMILES string of the molecule is CN=C(NCC(c1cccnc1)C(C)C)NC1CCN(C(=O)C(C)C)C1. The number of likely N-dealkylation sites (tertiary alicyclic amines) is 1. The number of amides is 1. The number of aliphatic imine (C=N–C) groups is 1. The van der Waals surface area contributed by atoms with Gasteiger partial charge in [-0.05, 0) is 24.0 Å². The fraction of sp³-hybridized carbons (Fsp3) is 0.650. The Morgan fingerprint density at radius 1 is 1.38 bits per heavy atom. The van der Waals surface area contributed by atoms with E-state index >= 15 is 0 Å². The Morgan fingerprint density at radius 3 is 2.73 bits per heavy atom. The summed E-state index contributed by atoms with van der Waals surface area (Å²) in [6, 6.07) is 4.36. The summed E-state index contributed by atoms with van der Waals surface area (Å²) in [6.07, 6.45) is 4.70. The molecule has 6 heteroatoms. The second-order valence-corrected chi connectivity index (χ2v) is 7.66. The summed E-state index contributed by atoms with van der Waals surface area (Å²) >= 11 is 0. The quantitative estimate of drug-likeness (QED) is 0.604. The van der Waals surface area contributed by atoms with Gasteiger partial charge in [0.25, 0.3) is 0 Å². The number of carbonyl (C=O) groups excluding carboxylic acids is 1. The van der Waals surface area contributed by atoms with Gasteiger partial charge in [-0.3, -0.25) is 14.8 Å². The molecule has 2 atom stereocenters. The Hall–Kier alpha value is -2.11. The minimum absolute atomic E-state index is 0.0532. The normalized spacial score (nSPS) is 19.1. The molecule has 2 heterocycles. The highest BCUT2D eigenvalue weighted by Gasteiger charge is 2.28. The van der Waals surface area contributed by atoms with Crippen LogP contribution in [0.3, 0.4) is 0 Å². The molecule has 1 aromatic rings. The molecule has 2 N–H and O–H groups in total. The van der Waals surface area contributed by atoms with Crippen LogP contribution in [0.2, 0.25) is 0 Å². The monoisotopic (exact) mass is 359 g/mol. The maximum Gasteiger partial charge on any atom is 0.225 e. The Balaban J connectivity index is 1.89. The molecule has 6 nitrogen and oxygen atoms in total. The Kier molecular flexibility index (Phi) is 7.42. The van der Waals surface area contributed by atoms with E-state index in [1.165, 1.54) is 5.56 Å². The number of rotatable bonds is 6. The molecule has 0 bridgehead atoms. The van der Waals surface area contributed by atoms with Gasteiger partial charge in [0.1, 0.15) is 0 Å². The molecule has 2 unspecified atom stereocenters. The number of hydrogen-bond donors (Lipinski definition) is 2. The molecule has 1 aliphatic heterocycles. The summed E-state index contributed by atoms with van der Waals surface area (Å²) in [7, 11) is 1.79. The third-order valence-corrected chi connectivity index (χ3v) is 4.97. The van der Waals surface area contributed by atoms with Crippen LogP contribution in [-0.4, -0.2) is 54.5 Å². The first kappa shape index (κ1) is 20.2. The van der Waals surface area contributed by atoms with Crippen LogP contribution < -0.4 is 10.6 Å². The van der Waals surface area contributed by atoms with E-state index in [1.807, 2.05) is 31.0 Å². The molecule has 26 heavy (non-hydrogen) atoms. The Morgan fingerprint density at radius 2 is 2.15 bits per heavy atom. The first-order valence-corrected chi connectivity index (χ1v) is 9.58. The third-order valence-electron chi connectivity index (χ3n) is 4.97. The smallest absolute Gasteiger partial charge is 0.225 e. The lowest BCUT2D eigenvalue weighted by molar-refractivity contribution is -0.133. The van der Waals surface area contributed by atoms with E-state index in [1.54, 1.807) is 13.2 Å². The average Bonchev–Trinajstić information content (AvgIpc) is 3.09. The molecule has 1 aromatic heterocycles. The van der Waals surface area contributed by atoms with Crippen LogP contribution >= 0.6 is 0 Å². The second-order valence-electron chi connectivity index (χ2n) is 7.66. The van der Waals surface area contributed by atoms with E-state index in [0.717, 1.165) is 32.0 Å². The first-order chi connectivity index (χ1) is 12.4. The van der Waals surface area contributed by atoms with Crippen LogP contribution in [-0.2, 0) is 4.79 Å². The minimum Gasteiger partial charge on any atom is -0.356 e. The van der Waals surface area contributed by atoms with E-state index < -0.39 is 0 Å². The molecule has 0 aliphatic carbocycles. The maximum absolute atomic E-state index is 12.1. The number of hydrogen-bond acceptors (Lipinski definition) is 3. The summed E-state index contributed by atoms with van der Waals surface area (Å²) < 4.78 is 0. The van der Waals surface area contributed by atoms with E-state index in [4.69, 9.17) is 0 Å². The van der Waals surface area contributed by atoms with Crippen LogP contribution in [0.5, 0.6) is 0 Å². The molecular weight excluding hydrogens is 326 g/mol. The average molecular weight is 360 g/mol. The number of aromatic nitrogens is 1. The van der Waals surface area contributed by atoms with E-state index in [9.17, 15) is 4.79 Å². The fourth-order valence-corrected chi connectivity index (χ4v) is 3.37. The highest BCUT2D eigenvalue weighted by Crippen LogP contribution is 2.22. The van der Waals surface area contributed by atoms with Gasteiger partial charge in [0.15, 0.2) is 5.96 Å². The third kappa shape index (κ3) is 5.44. The molecule has 1 amide bonds. The van der Waals surface area contributed by atoms with Crippen molar-refractivity contribution in [1.82, 2.24) is 20.5 Å². The van der Waals surface area contributed by atoms with E-state index in [2.05, 4.69) is 40.5 Å². The van der Waals surface area contributed by atoms with Crippen molar-refractivity contribution in [1.29, 1.82) is 0 Å². The van der Waals surface area contributed by atoms with Gasteiger partial charge in [-0.25, -0.2) is 0 Å². The zero-order valence-corrected chi connectivity index (χ0v) is 16.7. The lowest BCUT2D eigenvalue weighted by Gasteiger charge is -2.24. The number of nitrogens with one attached hydrogen (secondary N) is 2. The van der Waals surface area contributed by atoms with Crippen molar-refractivity contribution in [2.24, 2.45) is 16.8 Å². The van der Waals surface area contributed by atoms with Gasteiger partial charge in [-0.2, -0.15) is 0 Å². The highest BCUT2D eigenvalue weighted by molar-refractivity contribution is 5.81. The zero-order chi connectivity index (χ0) is 19.1. The summed E-state index contributed by atoms with van der Waals surface area (Å²) in [4.78, 5) is 22.7. The maximum atomic E-state index is 12.1. The van der Waals surface area contributed by atoms with Crippen molar-refractivity contribution in [2.45, 2.75) is 46.1 Å². The standard InChI is InChI=1S/C20H33N5O/c1-14(2)18(16-7-6-9-22-11-16)12-23-20(21-5)24-17-8-10-25(13-17)19(26)15(3)4/h6-7,9,11,14-15,17-18H,8,10,12-13H2,1-5H3,(H2,21,23,24). The minimum atomic E-state index is 0.0532. The van der Waals surface area contributed by atoms with Crippen LogP contribution in [0.4, 0.5) is 0 Å². The molecular formula is C20H33N5O. The molecule has 0 spiro atoms. The number of carbonyl (C=O) groups is 1. The van der Waals surface area contributed by atoms with Gasteiger partial charge in [-0.15, -0.1) is 0 Å². The fourth-order valence-electron chi connectivity index (χ4n) is 3.37. The summed E-state index contributed by atoms with van der Waals surface area (Å²) in [5.74, 6) is 1.94. The Bertz CT molecular complexity index is 599. The van der Waals surface area contributed by atoms with Crippen molar-refractivity contribution >= 4 is 11.9 Å².